The van der Waals surface area contributed by atoms with E-state index in [1.165, 1.54) is 0 Å². The van der Waals surface area contributed by atoms with Crippen molar-refractivity contribution in [3.05, 3.63) is 12.4 Å². The summed E-state index contributed by atoms with van der Waals surface area (Å²) in [6.45, 7) is 8.99. The fraction of sp³-hybridized carbons (Fsp3) is 0.733. The van der Waals surface area contributed by atoms with Crippen molar-refractivity contribution in [3.8, 4) is 0 Å². The maximum Gasteiger partial charge on any atom is 0.319 e. The Morgan fingerprint density at radius 2 is 2.14 bits per heavy atom. The number of hydrogen-bond donors (Lipinski definition) is 3. The Morgan fingerprint density at radius 1 is 1.43 bits per heavy atom. The van der Waals surface area contributed by atoms with Gasteiger partial charge in [0.05, 0.1) is 17.4 Å². The molecule has 0 radical (unpaired) electrons. The third kappa shape index (κ3) is 6.16. The van der Waals surface area contributed by atoms with Crippen LogP contribution in [-0.2, 0) is 5.54 Å². The highest BCUT2D eigenvalue weighted by Gasteiger charge is 2.15. The minimum atomic E-state index is -0.234. The van der Waals surface area contributed by atoms with Gasteiger partial charge in [0.1, 0.15) is 0 Å². The van der Waals surface area contributed by atoms with Crippen LogP contribution in [0.25, 0.3) is 0 Å². The predicted octanol–water partition coefficient (Wildman–Crippen LogP) is 2.56. The van der Waals surface area contributed by atoms with E-state index in [0.29, 0.717) is 18.2 Å². The number of aromatic nitrogens is 2. The molecule has 6 heteroatoms. The molecule has 0 bridgehead atoms. The summed E-state index contributed by atoms with van der Waals surface area (Å²) in [7, 11) is 0. The number of aliphatic hydroxyl groups excluding tert-OH is 1. The maximum absolute atomic E-state index is 11.9. The van der Waals surface area contributed by atoms with Gasteiger partial charge < -0.3 is 15.7 Å². The van der Waals surface area contributed by atoms with Crippen molar-refractivity contribution < 1.29 is 9.90 Å². The van der Waals surface area contributed by atoms with Crippen LogP contribution in [0, 0.1) is 5.92 Å². The van der Waals surface area contributed by atoms with E-state index in [0.717, 1.165) is 19.3 Å². The van der Waals surface area contributed by atoms with Crippen LogP contribution in [0.15, 0.2) is 12.4 Å². The molecule has 21 heavy (non-hydrogen) atoms. The molecule has 1 rings (SSSR count). The zero-order valence-electron chi connectivity index (χ0n) is 13.5. The molecule has 0 fully saturated rings. The smallest absolute Gasteiger partial charge is 0.319 e. The second-order valence-corrected chi connectivity index (χ2v) is 6.35. The lowest BCUT2D eigenvalue weighted by molar-refractivity contribution is 0.236. The molecule has 0 aliphatic rings. The van der Waals surface area contributed by atoms with Gasteiger partial charge in [-0.2, -0.15) is 5.10 Å². The van der Waals surface area contributed by atoms with Gasteiger partial charge in [0.2, 0.25) is 0 Å². The second-order valence-electron chi connectivity index (χ2n) is 6.35. The first kappa shape index (κ1) is 17.5. The highest BCUT2D eigenvalue weighted by Crippen LogP contribution is 2.15. The molecule has 0 aromatic carbocycles. The summed E-state index contributed by atoms with van der Waals surface area (Å²) in [6.07, 6.45) is 6.23. The molecule has 0 aliphatic carbocycles. The van der Waals surface area contributed by atoms with Gasteiger partial charge in [-0.25, -0.2) is 4.79 Å². The second kappa shape index (κ2) is 8.02. The number of rotatable bonds is 7. The lowest BCUT2D eigenvalue weighted by Crippen LogP contribution is -2.33. The number of hydrogen-bond acceptors (Lipinski definition) is 3. The van der Waals surface area contributed by atoms with E-state index in [4.69, 9.17) is 5.11 Å². The molecule has 1 atom stereocenters. The zero-order chi connectivity index (χ0) is 15.9. The average molecular weight is 296 g/mol. The zero-order valence-corrected chi connectivity index (χ0v) is 13.5. The van der Waals surface area contributed by atoms with Crippen molar-refractivity contribution in [1.82, 2.24) is 15.1 Å². The monoisotopic (exact) mass is 296 g/mol. The number of nitrogens with one attached hydrogen (secondary N) is 2. The first-order valence-corrected chi connectivity index (χ1v) is 7.57. The molecule has 1 aromatic rings. The average Bonchev–Trinajstić information content (AvgIpc) is 2.85. The van der Waals surface area contributed by atoms with Gasteiger partial charge in [-0.05, 0) is 39.5 Å². The highest BCUT2D eigenvalue weighted by atomic mass is 16.3. The maximum atomic E-state index is 11.9. The van der Waals surface area contributed by atoms with Crippen LogP contribution in [0.4, 0.5) is 10.5 Å². The van der Waals surface area contributed by atoms with E-state index in [1.807, 2.05) is 31.6 Å². The third-order valence-corrected chi connectivity index (χ3v) is 3.31. The summed E-state index contributed by atoms with van der Waals surface area (Å²) < 4.78 is 1.81. The Labute approximate surface area is 126 Å². The van der Waals surface area contributed by atoms with E-state index in [2.05, 4.69) is 22.7 Å². The highest BCUT2D eigenvalue weighted by molar-refractivity contribution is 5.88. The van der Waals surface area contributed by atoms with Crippen LogP contribution in [0.2, 0.25) is 0 Å². The Bertz CT molecular complexity index is 431. The van der Waals surface area contributed by atoms with Gasteiger partial charge >= 0.3 is 6.03 Å². The number of carbonyl (C=O) groups excluding carboxylic acids is 1. The van der Waals surface area contributed by atoms with Crippen molar-refractivity contribution in [1.29, 1.82) is 0 Å². The molecule has 0 saturated heterocycles. The van der Waals surface area contributed by atoms with E-state index in [9.17, 15) is 4.79 Å². The molecule has 3 N–H and O–H groups in total. The van der Waals surface area contributed by atoms with Gasteiger partial charge in [-0.3, -0.25) is 4.68 Å². The molecule has 0 aliphatic heterocycles. The molecule has 1 unspecified atom stereocenters. The summed E-state index contributed by atoms with van der Waals surface area (Å²) in [5, 5.41) is 18.9. The fourth-order valence-electron chi connectivity index (χ4n) is 2.11. The lowest BCUT2D eigenvalue weighted by Gasteiger charge is -2.18. The van der Waals surface area contributed by atoms with E-state index in [-0.39, 0.29) is 18.2 Å². The van der Waals surface area contributed by atoms with Crippen molar-refractivity contribution >= 4 is 11.7 Å². The van der Waals surface area contributed by atoms with Gasteiger partial charge in [0.15, 0.2) is 0 Å². The topological polar surface area (TPSA) is 79.2 Å². The first-order chi connectivity index (χ1) is 9.86. The fourth-order valence-corrected chi connectivity index (χ4v) is 2.11. The van der Waals surface area contributed by atoms with Gasteiger partial charge in [-0.15, -0.1) is 0 Å². The Hall–Kier alpha value is -1.56. The summed E-state index contributed by atoms with van der Waals surface area (Å²) in [4.78, 5) is 11.9. The number of amides is 2. The van der Waals surface area contributed by atoms with Crippen LogP contribution in [-0.4, -0.2) is 34.1 Å². The minimum Gasteiger partial charge on any atom is -0.396 e. The van der Waals surface area contributed by atoms with E-state index >= 15 is 0 Å². The quantitative estimate of drug-likeness (QED) is 0.723. The minimum absolute atomic E-state index is 0.107. The van der Waals surface area contributed by atoms with E-state index < -0.39 is 0 Å². The SMILES string of the molecule is CCCC(CCO)CNC(=O)Nc1cnn(C(C)(C)C)c1. The molecular formula is C15H28N4O2. The number of carbonyl (C=O) groups is 1. The molecule has 0 spiro atoms. The first-order valence-electron chi connectivity index (χ1n) is 7.57. The van der Waals surface area contributed by atoms with Crippen molar-refractivity contribution in [2.45, 2.75) is 52.5 Å². The summed E-state index contributed by atoms with van der Waals surface area (Å²) in [5.74, 6) is 0.322. The molecule has 2 amide bonds. The number of aliphatic hydroxyl groups is 1. The normalized spacial score (nSPS) is 13.0. The molecule has 6 nitrogen and oxygen atoms in total. The van der Waals surface area contributed by atoms with Gasteiger partial charge in [0.25, 0.3) is 0 Å². The Balaban J connectivity index is 2.44. The van der Waals surface area contributed by atoms with Crippen LogP contribution < -0.4 is 10.6 Å². The molecule has 120 valence electrons. The predicted molar refractivity (Wildman–Crippen MR) is 84.3 cm³/mol. The Kier molecular flexibility index (Phi) is 6.68. The molecule has 0 saturated carbocycles. The van der Waals surface area contributed by atoms with Gasteiger partial charge in [-0.1, -0.05) is 13.3 Å². The third-order valence-electron chi connectivity index (χ3n) is 3.31. The summed E-state index contributed by atoms with van der Waals surface area (Å²) >= 11 is 0. The largest absolute Gasteiger partial charge is 0.396 e. The van der Waals surface area contributed by atoms with Crippen molar-refractivity contribution in [3.63, 3.8) is 0 Å². The number of urea groups is 1. The number of nitrogens with zero attached hydrogens (tertiary/aromatic N) is 2. The summed E-state index contributed by atoms with van der Waals surface area (Å²) in [5.41, 5.74) is 0.570. The van der Waals surface area contributed by atoms with Gasteiger partial charge in [0, 0.05) is 19.3 Å². The Morgan fingerprint density at radius 3 is 2.67 bits per heavy atom. The van der Waals surface area contributed by atoms with Crippen LogP contribution in [0.1, 0.15) is 47.0 Å². The molecule has 1 heterocycles. The number of anilines is 1. The van der Waals surface area contributed by atoms with Crippen molar-refractivity contribution in [2.24, 2.45) is 5.92 Å². The van der Waals surface area contributed by atoms with E-state index in [1.54, 1.807) is 6.20 Å². The van der Waals surface area contributed by atoms with Crippen LogP contribution in [0.3, 0.4) is 0 Å². The standard InChI is InChI=1S/C15H28N4O2/c1-5-6-12(7-8-20)9-16-14(21)18-13-10-17-19(11-13)15(2,3)4/h10-12,20H,5-9H2,1-4H3,(H2,16,18,21). The summed E-state index contributed by atoms with van der Waals surface area (Å²) in [6, 6.07) is -0.234. The van der Waals surface area contributed by atoms with Crippen molar-refractivity contribution in [2.75, 3.05) is 18.5 Å². The molecular weight excluding hydrogens is 268 g/mol. The van der Waals surface area contributed by atoms with Crippen LogP contribution in [0.5, 0.6) is 0 Å². The lowest BCUT2D eigenvalue weighted by atomic mass is 10.0. The van der Waals surface area contributed by atoms with Crippen LogP contribution >= 0.6 is 0 Å². The molecule has 1 aromatic heterocycles.